The summed E-state index contributed by atoms with van der Waals surface area (Å²) in [4.78, 5) is 10.6. The molecule has 0 unspecified atom stereocenters. The van der Waals surface area contributed by atoms with E-state index in [0.29, 0.717) is 12.2 Å². The Balaban J connectivity index is 2.31. The van der Waals surface area contributed by atoms with Crippen molar-refractivity contribution in [2.24, 2.45) is 5.73 Å². The van der Waals surface area contributed by atoms with Gasteiger partial charge in [-0.2, -0.15) is 0 Å². The lowest BCUT2D eigenvalue weighted by Crippen LogP contribution is -1.95. The second kappa shape index (κ2) is 4.16. The first-order chi connectivity index (χ1) is 7.70. The molecular formula is C11H10N2O3. The van der Waals surface area contributed by atoms with Crippen molar-refractivity contribution in [1.82, 2.24) is 5.16 Å². The van der Waals surface area contributed by atoms with Gasteiger partial charge in [-0.05, 0) is 5.56 Å². The van der Waals surface area contributed by atoms with Crippen molar-refractivity contribution in [3.8, 4) is 11.3 Å². The summed E-state index contributed by atoms with van der Waals surface area (Å²) in [6.07, 6.45) is 0. The smallest absolute Gasteiger partial charge is 0.374 e. The van der Waals surface area contributed by atoms with Crippen LogP contribution < -0.4 is 5.73 Å². The average molecular weight is 218 g/mol. The zero-order valence-electron chi connectivity index (χ0n) is 8.38. The molecule has 0 atom stereocenters. The molecule has 1 aromatic heterocycles. The van der Waals surface area contributed by atoms with Gasteiger partial charge in [0.05, 0.1) is 0 Å². The summed E-state index contributed by atoms with van der Waals surface area (Å²) in [5.41, 5.74) is 7.78. The van der Waals surface area contributed by atoms with E-state index < -0.39 is 5.97 Å². The number of nitrogens with zero attached hydrogens (tertiary/aromatic N) is 1. The lowest BCUT2D eigenvalue weighted by atomic mass is 10.1. The maximum atomic E-state index is 10.6. The maximum absolute atomic E-state index is 10.6. The van der Waals surface area contributed by atoms with E-state index in [9.17, 15) is 4.79 Å². The van der Waals surface area contributed by atoms with Crippen molar-refractivity contribution in [3.63, 3.8) is 0 Å². The lowest BCUT2D eigenvalue weighted by molar-refractivity contribution is 0.0652. The monoisotopic (exact) mass is 218 g/mol. The number of benzene rings is 1. The van der Waals surface area contributed by atoms with Crippen molar-refractivity contribution in [3.05, 3.63) is 41.7 Å². The number of hydrogen-bond acceptors (Lipinski definition) is 4. The van der Waals surface area contributed by atoms with E-state index in [2.05, 4.69) is 9.68 Å². The number of aromatic carboxylic acids is 1. The van der Waals surface area contributed by atoms with Gasteiger partial charge >= 0.3 is 5.97 Å². The number of hydrogen-bond donors (Lipinski definition) is 2. The SMILES string of the molecule is NCc1ccc(-c2cc(C(=O)O)on2)cc1. The third-order valence-electron chi connectivity index (χ3n) is 2.21. The molecule has 0 amide bonds. The Labute approximate surface area is 91.5 Å². The summed E-state index contributed by atoms with van der Waals surface area (Å²) in [6.45, 7) is 0.472. The molecule has 0 spiro atoms. The molecule has 1 heterocycles. The van der Waals surface area contributed by atoms with Crippen LogP contribution in [-0.4, -0.2) is 16.2 Å². The van der Waals surface area contributed by atoms with E-state index in [0.717, 1.165) is 11.1 Å². The fourth-order valence-corrected chi connectivity index (χ4v) is 1.32. The first-order valence-corrected chi connectivity index (χ1v) is 4.70. The minimum atomic E-state index is -1.13. The van der Waals surface area contributed by atoms with Crippen LogP contribution in [-0.2, 0) is 6.54 Å². The van der Waals surface area contributed by atoms with E-state index in [4.69, 9.17) is 10.8 Å². The Morgan fingerprint density at radius 1 is 1.38 bits per heavy atom. The van der Waals surface area contributed by atoms with Crippen LogP contribution in [0.2, 0.25) is 0 Å². The maximum Gasteiger partial charge on any atom is 0.374 e. The van der Waals surface area contributed by atoms with E-state index in [1.165, 1.54) is 6.07 Å². The van der Waals surface area contributed by atoms with Crippen LogP contribution in [0.5, 0.6) is 0 Å². The molecular weight excluding hydrogens is 208 g/mol. The molecule has 16 heavy (non-hydrogen) atoms. The highest BCUT2D eigenvalue weighted by Gasteiger charge is 2.11. The number of nitrogens with two attached hydrogens (primary N) is 1. The highest BCUT2D eigenvalue weighted by Crippen LogP contribution is 2.19. The Morgan fingerprint density at radius 3 is 2.56 bits per heavy atom. The van der Waals surface area contributed by atoms with Crippen LogP contribution in [0.15, 0.2) is 34.9 Å². The second-order valence-corrected chi connectivity index (χ2v) is 3.28. The quantitative estimate of drug-likeness (QED) is 0.814. The van der Waals surface area contributed by atoms with Crippen LogP contribution in [0.1, 0.15) is 16.1 Å². The van der Waals surface area contributed by atoms with E-state index in [1.807, 2.05) is 24.3 Å². The minimum Gasteiger partial charge on any atom is -0.475 e. The highest BCUT2D eigenvalue weighted by atomic mass is 16.5. The summed E-state index contributed by atoms with van der Waals surface area (Å²) >= 11 is 0. The van der Waals surface area contributed by atoms with Crippen molar-refractivity contribution in [2.75, 3.05) is 0 Å². The van der Waals surface area contributed by atoms with Crippen molar-refractivity contribution >= 4 is 5.97 Å². The molecule has 0 radical (unpaired) electrons. The summed E-state index contributed by atoms with van der Waals surface area (Å²) in [5.74, 6) is -1.30. The van der Waals surface area contributed by atoms with Crippen molar-refractivity contribution in [1.29, 1.82) is 0 Å². The second-order valence-electron chi connectivity index (χ2n) is 3.28. The average Bonchev–Trinajstić information content (AvgIpc) is 2.78. The molecule has 5 heteroatoms. The summed E-state index contributed by atoms with van der Waals surface area (Å²) in [5, 5.41) is 12.4. The Bertz CT molecular complexity index is 502. The summed E-state index contributed by atoms with van der Waals surface area (Å²) < 4.78 is 4.66. The van der Waals surface area contributed by atoms with Gasteiger partial charge in [-0.15, -0.1) is 0 Å². The molecule has 0 aliphatic rings. The van der Waals surface area contributed by atoms with Gasteiger partial charge < -0.3 is 15.4 Å². The summed E-state index contributed by atoms with van der Waals surface area (Å²) in [7, 11) is 0. The van der Waals surface area contributed by atoms with Gasteiger partial charge in [-0.25, -0.2) is 4.79 Å². The fourth-order valence-electron chi connectivity index (χ4n) is 1.32. The highest BCUT2D eigenvalue weighted by molar-refractivity contribution is 5.85. The van der Waals surface area contributed by atoms with Crippen LogP contribution in [0.25, 0.3) is 11.3 Å². The zero-order valence-corrected chi connectivity index (χ0v) is 8.38. The van der Waals surface area contributed by atoms with Crippen molar-refractivity contribution < 1.29 is 14.4 Å². The van der Waals surface area contributed by atoms with Crippen LogP contribution in [0.4, 0.5) is 0 Å². The minimum absolute atomic E-state index is 0.169. The fraction of sp³-hybridized carbons (Fsp3) is 0.0909. The van der Waals surface area contributed by atoms with E-state index in [-0.39, 0.29) is 5.76 Å². The van der Waals surface area contributed by atoms with Gasteiger partial charge in [-0.1, -0.05) is 29.4 Å². The molecule has 0 saturated carbocycles. The van der Waals surface area contributed by atoms with Gasteiger partial charge in [0.1, 0.15) is 5.69 Å². The normalized spacial score (nSPS) is 10.3. The topological polar surface area (TPSA) is 89.4 Å². The van der Waals surface area contributed by atoms with Gasteiger partial charge in [0, 0.05) is 18.2 Å². The van der Waals surface area contributed by atoms with Crippen LogP contribution >= 0.6 is 0 Å². The van der Waals surface area contributed by atoms with Gasteiger partial charge in [0.2, 0.25) is 5.76 Å². The summed E-state index contributed by atoms with van der Waals surface area (Å²) in [6, 6.07) is 8.77. The molecule has 0 aliphatic carbocycles. The molecule has 0 aliphatic heterocycles. The predicted molar refractivity (Wildman–Crippen MR) is 56.8 cm³/mol. The van der Waals surface area contributed by atoms with E-state index in [1.54, 1.807) is 0 Å². The van der Waals surface area contributed by atoms with Crippen LogP contribution in [0.3, 0.4) is 0 Å². The Kier molecular flexibility index (Phi) is 2.70. The Morgan fingerprint density at radius 2 is 2.06 bits per heavy atom. The number of carboxylic acids is 1. The lowest BCUT2D eigenvalue weighted by Gasteiger charge is -1.97. The first-order valence-electron chi connectivity index (χ1n) is 4.70. The molecule has 82 valence electrons. The third kappa shape index (κ3) is 1.94. The molecule has 2 aromatic rings. The van der Waals surface area contributed by atoms with Gasteiger partial charge in [-0.3, -0.25) is 0 Å². The molecule has 0 saturated heterocycles. The van der Waals surface area contributed by atoms with E-state index >= 15 is 0 Å². The van der Waals surface area contributed by atoms with Crippen molar-refractivity contribution in [2.45, 2.75) is 6.54 Å². The first kappa shape index (κ1) is 10.4. The largest absolute Gasteiger partial charge is 0.475 e. The predicted octanol–water partition coefficient (Wildman–Crippen LogP) is 1.50. The molecule has 2 rings (SSSR count). The molecule has 5 nitrogen and oxygen atoms in total. The van der Waals surface area contributed by atoms with Gasteiger partial charge in [0.15, 0.2) is 0 Å². The number of carboxylic acid groups (broad SMARTS) is 1. The standard InChI is InChI=1S/C11H10N2O3/c12-6-7-1-3-8(4-2-7)9-5-10(11(14)15)16-13-9/h1-5H,6,12H2,(H,14,15). The zero-order chi connectivity index (χ0) is 11.5. The molecule has 0 bridgehead atoms. The number of aromatic nitrogens is 1. The van der Waals surface area contributed by atoms with Gasteiger partial charge in [0.25, 0.3) is 0 Å². The molecule has 1 aromatic carbocycles. The molecule has 3 N–H and O–H groups in total. The number of carbonyl (C=O) groups is 1. The number of rotatable bonds is 3. The molecule has 0 fully saturated rings. The third-order valence-corrected chi connectivity index (χ3v) is 2.21. The Hall–Kier alpha value is -2.14. The van der Waals surface area contributed by atoms with Crippen LogP contribution in [0, 0.1) is 0 Å².